The molecule has 0 spiro atoms. The van der Waals surface area contributed by atoms with Gasteiger partial charge in [-0.1, -0.05) is 90.5 Å². The van der Waals surface area contributed by atoms with Gasteiger partial charge in [0.05, 0.1) is 5.69 Å². The molecule has 0 atom stereocenters. The SMILES string of the molecule is Clc1cccc(-c2ccc(N(c3ccccc3)c3cccc4ccccc34)cc2)c1. The Morgan fingerprint density at radius 3 is 1.97 bits per heavy atom. The first-order chi connectivity index (χ1) is 14.8. The second-order valence-electron chi connectivity index (χ2n) is 7.23. The zero-order chi connectivity index (χ0) is 20.3. The summed E-state index contributed by atoms with van der Waals surface area (Å²) in [7, 11) is 0. The van der Waals surface area contributed by atoms with Gasteiger partial charge in [-0.25, -0.2) is 0 Å². The van der Waals surface area contributed by atoms with Gasteiger partial charge >= 0.3 is 0 Å². The Morgan fingerprint density at radius 2 is 1.17 bits per heavy atom. The quantitative estimate of drug-likeness (QED) is 0.289. The fourth-order valence-electron chi connectivity index (χ4n) is 3.88. The fourth-order valence-corrected chi connectivity index (χ4v) is 4.07. The Kier molecular flexibility index (Phi) is 4.96. The van der Waals surface area contributed by atoms with Crippen molar-refractivity contribution < 1.29 is 0 Å². The predicted octanol–water partition coefficient (Wildman–Crippen LogP) is 8.63. The van der Waals surface area contributed by atoms with Gasteiger partial charge in [-0.3, -0.25) is 0 Å². The molecule has 2 heteroatoms. The van der Waals surface area contributed by atoms with E-state index in [9.17, 15) is 0 Å². The van der Waals surface area contributed by atoms with Crippen molar-refractivity contribution >= 4 is 39.4 Å². The third-order valence-electron chi connectivity index (χ3n) is 5.31. The van der Waals surface area contributed by atoms with Crippen molar-refractivity contribution in [3.05, 3.63) is 126 Å². The molecule has 0 amide bonds. The van der Waals surface area contributed by atoms with Crippen LogP contribution in [0.3, 0.4) is 0 Å². The molecule has 0 aliphatic carbocycles. The second-order valence-corrected chi connectivity index (χ2v) is 7.66. The molecule has 0 aliphatic heterocycles. The lowest BCUT2D eigenvalue weighted by molar-refractivity contribution is 1.30. The maximum atomic E-state index is 6.18. The highest BCUT2D eigenvalue weighted by molar-refractivity contribution is 6.30. The molecule has 144 valence electrons. The lowest BCUT2D eigenvalue weighted by Gasteiger charge is -2.27. The summed E-state index contributed by atoms with van der Waals surface area (Å²) in [5.74, 6) is 0. The number of benzene rings is 5. The molecule has 0 aromatic heterocycles. The van der Waals surface area contributed by atoms with E-state index in [2.05, 4.69) is 102 Å². The Morgan fingerprint density at radius 1 is 0.500 bits per heavy atom. The second kappa shape index (κ2) is 8.06. The summed E-state index contributed by atoms with van der Waals surface area (Å²) in [6, 6.07) is 42.1. The van der Waals surface area contributed by atoms with Crippen LogP contribution in [-0.2, 0) is 0 Å². The van der Waals surface area contributed by atoms with Crippen LogP contribution >= 0.6 is 11.6 Å². The molecule has 0 fully saturated rings. The highest BCUT2D eigenvalue weighted by Crippen LogP contribution is 2.39. The van der Waals surface area contributed by atoms with Crippen LogP contribution in [0, 0.1) is 0 Å². The van der Waals surface area contributed by atoms with Crippen LogP contribution in [0.5, 0.6) is 0 Å². The number of anilines is 3. The third-order valence-corrected chi connectivity index (χ3v) is 5.54. The molecule has 0 heterocycles. The van der Waals surface area contributed by atoms with E-state index >= 15 is 0 Å². The van der Waals surface area contributed by atoms with Gasteiger partial charge in [0.2, 0.25) is 0 Å². The van der Waals surface area contributed by atoms with Crippen LogP contribution < -0.4 is 4.90 Å². The summed E-state index contributed by atoms with van der Waals surface area (Å²) in [6.45, 7) is 0. The smallest absolute Gasteiger partial charge is 0.0540 e. The fraction of sp³-hybridized carbons (Fsp3) is 0. The van der Waals surface area contributed by atoms with Gasteiger partial charge in [0.25, 0.3) is 0 Å². The summed E-state index contributed by atoms with van der Waals surface area (Å²) in [5, 5.41) is 3.20. The lowest BCUT2D eigenvalue weighted by atomic mass is 10.0. The molecular formula is C28H20ClN. The first kappa shape index (κ1) is 18.5. The van der Waals surface area contributed by atoms with Crippen molar-refractivity contribution in [1.82, 2.24) is 0 Å². The molecule has 0 saturated carbocycles. The molecule has 0 unspecified atom stereocenters. The van der Waals surface area contributed by atoms with E-state index in [0.717, 1.165) is 33.2 Å². The molecule has 0 N–H and O–H groups in total. The molecular weight excluding hydrogens is 386 g/mol. The average Bonchev–Trinajstić information content (AvgIpc) is 2.81. The average molecular weight is 406 g/mol. The van der Waals surface area contributed by atoms with Crippen molar-refractivity contribution in [3.8, 4) is 11.1 Å². The van der Waals surface area contributed by atoms with Crippen molar-refractivity contribution in [1.29, 1.82) is 0 Å². The van der Waals surface area contributed by atoms with E-state index in [-0.39, 0.29) is 0 Å². The summed E-state index contributed by atoms with van der Waals surface area (Å²) in [5.41, 5.74) is 5.67. The van der Waals surface area contributed by atoms with E-state index in [1.54, 1.807) is 0 Å². The Balaban J connectivity index is 1.65. The van der Waals surface area contributed by atoms with Gasteiger partial charge in [-0.15, -0.1) is 0 Å². The number of hydrogen-bond acceptors (Lipinski definition) is 1. The normalized spacial score (nSPS) is 10.8. The summed E-state index contributed by atoms with van der Waals surface area (Å²) in [6.07, 6.45) is 0. The van der Waals surface area contributed by atoms with Crippen LogP contribution in [0.4, 0.5) is 17.1 Å². The van der Waals surface area contributed by atoms with E-state index in [4.69, 9.17) is 11.6 Å². The first-order valence-corrected chi connectivity index (χ1v) is 10.4. The minimum atomic E-state index is 0.748. The summed E-state index contributed by atoms with van der Waals surface area (Å²) < 4.78 is 0. The molecule has 0 aliphatic rings. The van der Waals surface area contributed by atoms with Crippen molar-refractivity contribution in [2.24, 2.45) is 0 Å². The van der Waals surface area contributed by atoms with Crippen molar-refractivity contribution in [2.45, 2.75) is 0 Å². The van der Waals surface area contributed by atoms with Crippen molar-refractivity contribution in [2.75, 3.05) is 4.90 Å². The van der Waals surface area contributed by atoms with E-state index in [0.29, 0.717) is 0 Å². The van der Waals surface area contributed by atoms with Crippen LogP contribution in [0.2, 0.25) is 5.02 Å². The molecule has 5 aromatic rings. The van der Waals surface area contributed by atoms with Gasteiger partial charge in [0.1, 0.15) is 0 Å². The molecule has 5 aromatic carbocycles. The Hall–Kier alpha value is -3.55. The predicted molar refractivity (Wildman–Crippen MR) is 129 cm³/mol. The number of rotatable bonds is 4. The molecule has 5 rings (SSSR count). The standard InChI is InChI=1S/C28H20ClN/c29-24-11-6-10-23(20-24)21-16-18-26(19-17-21)30(25-12-2-1-3-13-25)28-15-7-9-22-8-4-5-14-27(22)28/h1-20H. The van der Waals surface area contributed by atoms with Crippen LogP contribution in [0.25, 0.3) is 21.9 Å². The van der Waals surface area contributed by atoms with Crippen LogP contribution in [-0.4, -0.2) is 0 Å². The molecule has 30 heavy (non-hydrogen) atoms. The van der Waals surface area contributed by atoms with Gasteiger partial charge in [-0.2, -0.15) is 0 Å². The van der Waals surface area contributed by atoms with Gasteiger partial charge in [0, 0.05) is 21.8 Å². The zero-order valence-corrected chi connectivity index (χ0v) is 17.1. The highest BCUT2D eigenvalue weighted by atomic mass is 35.5. The number of fused-ring (bicyclic) bond motifs is 1. The molecule has 0 saturated heterocycles. The maximum Gasteiger partial charge on any atom is 0.0540 e. The Bertz CT molecular complexity index is 1290. The maximum absolute atomic E-state index is 6.18. The van der Waals surface area contributed by atoms with E-state index in [1.165, 1.54) is 10.8 Å². The van der Waals surface area contributed by atoms with Crippen LogP contribution in [0.15, 0.2) is 121 Å². The van der Waals surface area contributed by atoms with Crippen molar-refractivity contribution in [3.63, 3.8) is 0 Å². The van der Waals surface area contributed by atoms with E-state index < -0.39 is 0 Å². The van der Waals surface area contributed by atoms with E-state index in [1.807, 2.05) is 24.3 Å². The largest absolute Gasteiger partial charge is 0.310 e. The third kappa shape index (κ3) is 3.56. The minimum Gasteiger partial charge on any atom is -0.310 e. The van der Waals surface area contributed by atoms with Gasteiger partial charge in [0.15, 0.2) is 0 Å². The monoisotopic (exact) mass is 405 g/mol. The molecule has 0 bridgehead atoms. The number of hydrogen-bond donors (Lipinski definition) is 0. The molecule has 0 radical (unpaired) electrons. The topological polar surface area (TPSA) is 3.24 Å². The van der Waals surface area contributed by atoms with Gasteiger partial charge < -0.3 is 4.90 Å². The molecule has 1 nitrogen and oxygen atoms in total. The van der Waals surface area contributed by atoms with Gasteiger partial charge in [-0.05, 0) is 59.0 Å². The summed E-state index contributed by atoms with van der Waals surface area (Å²) >= 11 is 6.18. The Labute approximate surface area is 181 Å². The van der Waals surface area contributed by atoms with Crippen LogP contribution in [0.1, 0.15) is 0 Å². The lowest BCUT2D eigenvalue weighted by Crippen LogP contribution is -2.10. The summed E-state index contributed by atoms with van der Waals surface area (Å²) in [4.78, 5) is 2.31. The first-order valence-electron chi connectivity index (χ1n) is 9.98. The minimum absolute atomic E-state index is 0.748. The number of halogens is 1. The zero-order valence-electron chi connectivity index (χ0n) is 16.4. The number of nitrogens with zero attached hydrogens (tertiary/aromatic N) is 1. The number of para-hydroxylation sites is 1. The highest BCUT2D eigenvalue weighted by Gasteiger charge is 2.15.